The number of amides is 1. The normalized spacial score (nSPS) is 12.1. The molecule has 160 valence electrons. The van der Waals surface area contributed by atoms with E-state index < -0.39 is 0 Å². The highest BCUT2D eigenvalue weighted by atomic mass is 32.1. The van der Waals surface area contributed by atoms with Crippen molar-refractivity contribution in [2.45, 2.75) is 33.7 Å². The van der Waals surface area contributed by atoms with E-state index in [1.54, 1.807) is 16.3 Å². The van der Waals surface area contributed by atoms with Crippen LogP contribution in [0.2, 0.25) is 0 Å². The maximum Gasteiger partial charge on any atom is 0.271 e. The minimum atomic E-state index is -0.202. The molecule has 0 fully saturated rings. The number of hydrogen-bond donors (Lipinski definition) is 1. The van der Waals surface area contributed by atoms with E-state index in [0.717, 1.165) is 16.1 Å². The van der Waals surface area contributed by atoms with Gasteiger partial charge < -0.3 is 14.8 Å². The van der Waals surface area contributed by atoms with Crippen LogP contribution < -0.4 is 14.8 Å². The molecule has 0 radical (unpaired) electrons. The molecular formula is C22H28N4O3S. The maximum absolute atomic E-state index is 12.9. The molecule has 1 N–H and O–H groups in total. The van der Waals surface area contributed by atoms with Gasteiger partial charge in [0.1, 0.15) is 10.7 Å². The zero-order valence-electron chi connectivity index (χ0n) is 18.0. The molecule has 0 aliphatic rings. The van der Waals surface area contributed by atoms with Gasteiger partial charge >= 0.3 is 0 Å². The number of aromatic nitrogens is 3. The Kier molecular flexibility index (Phi) is 7.10. The number of nitrogens with zero attached hydrogens (tertiary/aromatic N) is 3. The topological polar surface area (TPSA) is 78.3 Å². The van der Waals surface area contributed by atoms with Gasteiger partial charge in [0.25, 0.3) is 5.91 Å². The Morgan fingerprint density at radius 3 is 2.57 bits per heavy atom. The van der Waals surface area contributed by atoms with Crippen molar-refractivity contribution in [3.63, 3.8) is 0 Å². The lowest BCUT2D eigenvalue weighted by molar-refractivity contribution is 0.0921. The molecule has 1 aromatic carbocycles. The molecule has 1 amide bonds. The van der Waals surface area contributed by atoms with E-state index in [-0.39, 0.29) is 17.9 Å². The van der Waals surface area contributed by atoms with E-state index in [4.69, 9.17) is 9.47 Å². The Morgan fingerprint density at radius 1 is 1.20 bits per heavy atom. The van der Waals surface area contributed by atoms with Crippen molar-refractivity contribution in [2.75, 3.05) is 13.2 Å². The number of thiazole rings is 1. The van der Waals surface area contributed by atoms with E-state index in [1.807, 2.05) is 45.3 Å². The van der Waals surface area contributed by atoms with E-state index in [2.05, 4.69) is 29.2 Å². The smallest absolute Gasteiger partial charge is 0.271 e. The van der Waals surface area contributed by atoms with Crippen LogP contribution in [0.4, 0.5) is 0 Å². The van der Waals surface area contributed by atoms with E-state index in [9.17, 15) is 4.79 Å². The van der Waals surface area contributed by atoms with Gasteiger partial charge in [-0.3, -0.25) is 9.48 Å². The van der Waals surface area contributed by atoms with Gasteiger partial charge in [0.2, 0.25) is 0 Å². The summed E-state index contributed by atoms with van der Waals surface area (Å²) in [7, 11) is 1.85. The summed E-state index contributed by atoms with van der Waals surface area (Å²) in [6.07, 6.45) is 3.62. The molecule has 1 unspecified atom stereocenters. The third kappa shape index (κ3) is 4.99. The summed E-state index contributed by atoms with van der Waals surface area (Å²) in [5, 5.41) is 9.84. The largest absolute Gasteiger partial charge is 0.490 e. The van der Waals surface area contributed by atoms with Crippen LogP contribution in [0.3, 0.4) is 0 Å². The molecule has 0 bridgehead atoms. The van der Waals surface area contributed by atoms with Crippen LogP contribution in [-0.4, -0.2) is 33.9 Å². The van der Waals surface area contributed by atoms with Crippen molar-refractivity contribution < 1.29 is 14.3 Å². The SMILES string of the molecule is CCOc1ccc(C(NC(=O)c2csc(-c3cnn(C)c3)n2)C(C)C)cc1OCC. The van der Waals surface area contributed by atoms with Crippen molar-refractivity contribution in [2.24, 2.45) is 13.0 Å². The summed E-state index contributed by atoms with van der Waals surface area (Å²) in [5.41, 5.74) is 2.27. The molecule has 3 rings (SSSR count). The summed E-state index contributed by atoms with van der Waals surface area (Å²) < 4.78 is 13.1. The fourth-order valence-electron chi connectivity index (χ4n) is 3.15. The number of aryl methyl sites for hydroxylation is 1. The lowest BCUT2D eigenvalue weighted by Crippen LogP contribution is -2.32. The minimum Gasteiger partial charge on any atom is -0.490 e. The van der Waals surface area contributed by atoms with E-state index >= 15 is 0 Å². The van der Waals surface area contributed by atoms with Gasteiger partial charge in [0, 0.05) is 24.2 Å². The van der Waals surface area contributed by atoms with Gasteiger partial charge in [0.15, 0.2) is 11.5 Å². The van der Waals surface area contributed by atoms with Crippen molar-refractivity contribution >= 4 is 17.2 Å². The summed E-state index contributed by atoms with van der Waals surface area (Å²) >= 11 is 1.43. The predicted molar refractivity (Wildman–Crippen MR) is 118 cm³/mol. The number of benzene rings is 1. The highest BCUT2D eigenvalue weighted by Gasteiger charge is 2.22. The Balaban J connectivity index is 1.81. The predicted octanol–water partition coefficient (Wildman–Crippen LogP) is 4.47. The van der Waals surface area contributed by atoms with Crippen LogP contribution in [0, 0.1) is 5.92 Å². The first-order valence-electron chi connectivity index (χ1n) is 10.1. The van der Waals surface area contributed by atoms with E-state index in [0.29, 0.717) is 30.4 Å². The van der Waals surface area contributed by atoms with Crippen molar-refractivity contribution in [1.82, 2.24) is 20.1 Å². The molecule has 0 aliphatic carbocycles. The molecule has 2 aromatic heterocycles. The van der Waals surface area contributed by atoms with Gasteiger partial charge in [-0.15, -0.1) is 11.3 Å². The molecule has 30 heavy (non-hydrogen) atoms. The first-order valence-corrected chi connectivity index (χ1v) is 11.0. The number of hydrogen-bond acceptors (Lipinski definition) is 6. The Hall–Kier alpha value is -2.87. The number of ether oxygens (including phenoxy) is 2. The third-order valence-electron chi connectivity index (χ3n) is 4.57. The third-order valence-corrected chi connectivity index (χ3v) is 5.46. The first kappa shape index (κ1) is 21.8. The summed E-state index contributed by atoms with van der Waals surface area (Å²) in [5.74, 6) is 1.37. The number of rotatable bonds is 9. The molecular weight excluding hydrogens is 400 g/mol. The van der Waals surface area contributed by atoms with Gasteiger partial charge in [-0.05, 0) is 37.5 Å². The van der Waals surface area contributed by atoms with Crippen molar-refractivity contribution in [1.29, 1.82) is 0 Å². The van der Waals surface area contributed by atoms with Gasteiger partial charge in [-0.25, -0.2) is 4.98 Å². The van der Waals surface area contributed by atoms with Crippen LogP contribution >= 0.6 is 11.3 Å². The summed E-state index contributed by atoms with van der Waals surface area (Å²) in [6, 6.07) is 5.63. The fourth-order valence-corrected chi connectivity index (χ4v) is 3.93. The molecule has 0 spiro atoms. The van der Waals surface area contributed by atoms with Gasteiger partial charge in [0.05, 0.1) is 25.5 Å². The summed E-state index contributed by atoms with van der Waals surface area (Å²) in [4.78, 5) is 17.4. The van der Waals surface area contributed by atoms with Crippen molar-refractivity contribution in [3.8, 4) is 22.1 Å². The van der Waals surface area contributed by atoms with Gasteiger partial charge in [-0.2, -0.15) is 5.10 Å². The van der Waals surface area contributed by atoms with Gasteiger partial charge in [-0.1, -0.05) is 19.9 Å². The van der Waals surface area contributed by atoms with Crippen LogP contribution in [0.5, 0.6) is 11.5 Å². The highest BCUT2D eigenvalue weighted by molar-refractivity contribution is 7.13. The molecule has 8 heteroatoms. The summed E-state index contributed by atoms with van der Waals surface area (Å²) in [6.45, 7) is 9.12. The minimum absolute atomic E-state index is 0.179. The molecule has 0 saturated carbocycles. The molecule has 3 aromatic rings. The molecule has 7 nitrogen and oxygen atoms in total. The lowest BCUT2D eigenvalue weighted by Gasteiger charge is -2.24. The Bertz CT molecular complexity index is 996. The molecule has 1 atom stereocenters. The second-order valence-corrected chi connectivity index (χ2v) is 8.07. The lowest BCUT2D eigenvalue weighted by atomic mass is 9.95. The average molecular weight is 429 g/mol. The van der Waals surface area contributed by atoms with Crippen LogP contribution in [-0.2, 0) is 7.05 Å². The first-order chi connectivity index (χ1) is 14.4. The van der Waals surface area contributed by atoms with E-state index in [1.165, 1.54) is 11.3 Å². The second kappa shape index (κ2) is 9.75. The monoisotopic (exact) mass is 428 g/mol. The van der Waals surface area contributed by atoms with Crippen LogP contribution in [0.1, 0.15) is 49.8 Å². The van der Waals surface area contributed by atoms with Crippen LogP contribution in [0.25, 0.3) is 10.6 Å². The Labute approximate surface area is 181 Å². The second-order valence-electron chi connectivity index (χ2n) is 7.21. The Morgan fingerprint density at radius 2 is 1.93 bits per heavy atom. The molecule has 0 saturated heterocycles. The van der Waals surface area contributed by atoms with Crippen molar-refractivity contribution in [3.05, 3.63) is 47.2 Å². The van der Waals surface area contributed by atoms with Crippen LogP contribution in [0.15, 0.2) is 36.0 Å². The zero-order valence-corrected chi connectivity index (χ0v) is 18.8. The molecule has 2 heterocycles. The quantitative estimate of drug-likeness (QED) is 0.544. The number of carbonyl (C=O) groups is 1. The number of nitrogens with one attached hydrogen (secondary N) is 1. The zero-order chi connectivity index (χ0) is 21.7. The average Bonchev–Trinajstić information content (AvgIpc) is 3.36. The maximum atomic E-state index is 12.9. The standard InChI is InChI=1S/C22H28N4O3S/c1-6-28-18-9-8-15(10-19(18)29-7-2)20(14(3)4)25-21(27)17-13-30-22(24-17)16-11-23-26(5)12-16/h8-14,20H,6-7H2,1-5H3,(H,25,27). The number of carbonyl (C=O) groups excluding carboxylic acids is 1. The fraction of sp³-hybridized carbons (Fsp3) is 0.409. The highest BCUT2D eigenvalue weighted by Crippen LogP contribution is 2.33. The molecule has 0 aliphatic heterocycles.